The van der Waals surface area contributed by atoms with Gasteiger partial charge < -0.3 is 10.1 Å². The molecule has 2 fully saturated rings. The number of halogens is 1. The predicted octanol–water partition coefficient (Wildman–Crippen LogP) is -0.701. The van der Waals surface area contributed by atoms with Gasteiger partial charge in [0.25, 0.3) is 10.2 Å². The molecule has 0 aliphatic carbocycles. The normalized spacial score (nSPS) is 26.4. The average Bonchev–Trinajstić information content (AvgIpc) is 2.95. The number of nitrogens with one attached hydrogen (secondary N) is 1. The zero-order chi connectivity index (χ0) is 14.0. The summed E-state index contributed by atoms with van der Waals surface area (Å²) in [6.45, 7) is 3.08. The molecule has 2 aliphatic rings. The van der Waals surface area contributed by atoms with Crippen LogP contribution >= 0.6 is 12.4 Å². The van der Waals surface area contributed by atoms with E-state index in [-0.39, 0.29) is 25.4 Å². The van der Waals surface area contributed by atoms with E-state index >= 15 is 0 Å². The highest BCUT2D eigenvalue weighted by molar-refractivity contribution is 7.86. The first-order chi connectivity index (χ1) is 8.95. The van der Waals surface area contributed by atoms with E-state index in [0.717, 1.165) is 13.1 Å². The fraction of sp³-hybridized carbons (Fsp3) is 0.909. The van der Waals surface area contributed by atoms with Crippen molar-refractivity contribution in [1.29, 1.82) is 0 Å². The van der Waals surface area contributed by atoms with Crippen molar-refractivity contribution in [2.24, 2.45) is 11.8 Å². The van der Waals surface area contributed by atoms with Gasteiger partial charge >= 0.3 is 5.97 Å². The molecule has 2 atom stereocenters. The Morgan fingerprint density at radius 2 is 1.90 bits per heavy atom. The first kappa shape index (κ1) is 17.6. The van der Waals surface area contributed by atoms with E-state index in [9.17, 15) is 13.2 Å². The molecule has 7 nitrogen and oxygen atoms in total. The number of carbonyl (C=O) groups is 1. The Balaban J connectivity index is 0.00000200. The van der Waals surface area contributed by atoms with Crippen LogP contribution in [0.5, 0.6) is 0 Å². The quantitative estimate of drug-likeness (QED) is 0.676. The van der Waals surface area contributed by atoms with Crippen LogP contribution in [0.2, 0.25) is 0 Å². The minimum atomic E-state index is -3.45. The number of hydrogen-bond acceptors (Lipinski definition) is 5. The van der Waals surface area contributed by atoms with Crippen molar-refractivity contribution in [1.82, 2.24) is 13.9 Å². The Morgan fingerprint density at radius 3 is 2.40 bits per heavy atom. The van der Waals surface area contributed by atoms with Crippen LogP contribution in [0.15, 0.2) is 0 Å². The molecule has 0 unspecified atom stereocenters. The largest absolute Gasteiger partial charge is 0.469 e. The number of ether oxygens (including phenoxy) is 1. The van der Waals surface area contributed by atoms with Gasteiger partial charge in [-0.3, -0.25) is 4.79 Å². The summed E-state index contributed by atoms with van der Waals surface area (Å²) in [6, 6.07) is 0. The highest BCUT2D eigenvalue weighted by Crippen LogP contribution is 2.28. The van der Waals surface area contributed by atoms with Crippen molar-refractivity contribution in [2.75, 3.05) is 46.9 Å². The van der Waals surface area contributed by atoms with Crippen LogP contribution in [0.1, 0.15) is 6.42 Å². The van der Waals surface area contributed by atoms with Crippen molar-refractivity contribution in [3.63, 3.8) is 0 Å². The summed E-state index contributed by atoms with van der Waals surface area (Å²) < 4.78 is 32.0. The second-order valence-corrected chi connectivity index (χ2v) is 7.19. The Labute approximate surface area is 126 Å². The van der Waals surface area contributed by atoms with E-state index < -0.39 is 16.2 Å². The molecule has 0 amide bonds. The molecule has 2 heterocycles. The second kappa shape index (κ2) is 7.04. The van der Waals surface area contributed by atoms with Gasteiger partial charge in [0.1, 0.15) is 0 Å². The van der Waals surface area contributed by atoms with Crippen molar-refractivity contribution in [3.8, 4) is 0 Å². The van der Waals surface area contributed by atoms with Crippen molar-refractivity contribution in [3.05, 3.63) is 0 Å². The standard InChI is InChI=1S/C11H21N3O4S.ClH/c1-13(4-3-11(15)18-2)19(16,17)14-7-9-5-12-6-10(9)8-14;/h9-10,12H,3-8H2,1-2H3;1H/t9-,10+;. The Kier molecular flexibility index (Phi) is 6.21. The molecule has 1 N–H and O–H groups in total. The molecule has 0 aromatic heterocycles. The van der Waals surface area contributed by atoms with Gasteiger partial charge in [0.2, 0.25) is 0 Å². The number of carbonyl (C=O) groups excluding carboxylic acids is 1. The highest BCUT2D eigenvalue weighted by Gasteiger charge is 2.42. The molecule has 9 heteroatoms. The third-order valence-corrected chi connectivity index (χ3v) is 5.86. The van der Waals surface area contributed by atoms with Crippen molar-refractivity contribution >= 4 is 28.6 Å². The third-order valence-electron chi connectivity index (χ3n) is 3.93. The lowest BCUT2D eigenvalue weighted by Crippen LogP contribution is -2.42. The van der Waals surface area contributed by atoms with E-state index in [2.05, 4.69) is 10.1 Å². The zero-order valence-corrected chi connectivity index (χ0v) is 13.4. The summed E-state index contributed by atoms with van der Waals surface area (Å²) >= 11 is 0. The highest BCUT2D eigenvalue weighted by atomic mass is 35.5. The number of esters is 1. The molecule has 0 saturated carbocycles. The topological polar surface area (TPSA) is 79.0 Å². The Hall–Kier alpha value is -0.410. The summed E-state index contributed by atoms with van der Waals surface area (Å²) in [7, 11) is -0.652. The molecule has 0 bridgehead atoms. The maximum absolute atomic E-state index is 12.3. The van der Waals surface area contributed by atoms with Gasteiger partial charge in [0.05, 0.1) is 13.5 Å². The first-order valence-electron chi connectivity index (χ1n) is 6.44. The minimum Gasteiger partial charge on any atom is -0.469 e. The molecule has 2 saturated heterocycles. The maximum atomic E-state index is 12.3. The molecule has 118 valence electrons. The summed E-state index contributed by atoms with van der Waals surface area (Å²) in [5, 5.41) is 3.28. The van der Waals surface area contributed by atoms with E-state index in [1.807, 2.05) is 0 Å². The lowest BCUT2D eigenvalue weighted by Gasteiger charge is -2.24. The van der Waals surface area contributed by atoms with Crippen LogP contribution in [0.4, 0.5) is 0 Å². The summed E-state index contributed by atoms with van der Waals surface area (Å²) in [6.07, 6.45) is 0.0779. The van der Waals surface area contributed by atoms with Gasteiger partial charge in [0, 0.05) is 26.7 Å². The fourth-order valence-corrected chi connectivity index (χ4v) is 4.14. The van der Waals surface area contributed by atoms with Crippen molar-refractivity contribution in [2.45, 2.75) is 6.42 Å². The van der Waals surface area contributed by atoms with Crippen LogP contribution < -0.4 is 5.32 Å². The average molecular weight is 328 g/mol. The lowest BCUT2D eigenvalue weighted by molar-refractivity contribution is -0.140. The van der Waals surface area contributed by atoms with Crippen LogP contribution in [-0.4, -0.2) is 69.9 Å². The first-order valence-corrected chi connectivity index (χ1v) is 7.83. The molecule has 0 aromatic carbocycles. The molecular weight excluding hydrogens is 306 g/mol. The van der Waals surface area contributed by atoms with Gasteiger partial charge in [-0.25, -0.2) is 0 Å². The molecule has 2 rings (SSSR count). The van der Waals surface area contributed by atoms with E-state index in [1.54, 1.807) is 0 Å². The van der Waals surface area contributed by atoms with E-state index in [1.165, 1.54) is 22.8 Å². The SMILES string of the molecule is COC(=O)CCN(C)S(=O)(=O)N1C[C@H]2CNC[C@H]2C1.Cl. The number of methoxy groups -OCH3 is 1. The number of rotatable bonds is 5. The van der Waals surface area contributed by atoms with E-state index in [4.69, 9.17) is 0 Å². The molecule has 0 radical (unpaired) electrons. The van der Waals surface area contributed by atoms with Gasteiger partial charge in [-0.1, -0.05) is 0 Å². The van der Waals surface area contributed by atoms with Gasteiger partial charge in [-0.2, -0.15) is 17.0 Å². The summed E-state index contributed by atoms with van der Waals surface area (Å²) in [4.78, 5) is 11.1. The molecular formula is C11H22ClN3O4S. The van der Waals surface area contributed by atoms with Crippen LogP contribution in [0.25, 0.3) is 0 Å². The van der Waals surface area contributed by atoms with Crippen LogP contribution in [-0.2, 0) is 19.7 Å². The third kappa shape index (κ3) is 3.62. The fourth-order valence-electron chi connectivity index (χ4n) is 2.66. The predicted molar refractivity (Wildman–Crippen MR) is 76.9 cm³/mol. The summed E-state index contributed by atoms with van der Waals surface area (Å²) in [5.41, 5.74) is 0. The Bertz CT molecular complexity index is 433. The maximum Gasteiger partial charge on any atom is 0.306 e. The van der Waals surface area contributed by atoms with Crippen molar-refractivity contribution < 1.29 is 17.9 Å². The zero-order valence-electron chi connectivity index (χ0n) is 11.7. The molecule has 0 aromatic rings. The molecule has 20 heavy (non-hydrogen) atoms. The summed E-state index contributed by atoms with van der Waals surface area (Å²) in [5.74, 6) is 0.442. The number of nitrogens with zero attached hydrogens (tertiary/aromatic N) is 2. The second-order valence-electron chi connectivity index (χ2n) is 5.15. The lowest BCUT2D eigenvalue weighted by atomic mass is 10.0. The van der Waals surface area contributed by atoms with Crippen LogP contribution in [0.3, 0.4) is 0 Å². The molecule has 2 aliphatic heterocycles. The van der Waals surface area contributed by atoms with E-state index in [0.29, 0.717) is 24.9 Å². The minimum absolute atomic E-state index is 0. The Morgan fingerprint density at radius 1 is 1.35 bits per heavy atom. The monoisotopic (exact) mass is 327 g/mol. The van der Waals surface area contributed by atoms with Gasteiger partial charge in [0.15, 0.2) is 0 Å². The van der Waals surface area contributed by atoms with Crippen LogP contribution in [0, 0.1) is 11.8 Å². The number of hydrogen-bond donors (Lipinski definition) is 1. The molecule has 0 spiro atoms. The smallest absolute Gasteiger partial charge is 0.306 e. The number of fused-ring (bicyclic) bond motifs is 1. The van der Waals surface area contributed by atoms with Gasteiger partial charge in [-0.05, 0) is 24.9 Å². The van der Waals surface area contributed by atoms with Gasteiger partial charge in [-0.15, -0.1) is 12.4 Å².